The maximum Gasteiger partial charge on any atom is 0.255 e. The summed E-state index contributed by atoms with van der Waals surface area (Å²) < 4.78 is 0. The standard InChI is InChI=1S/C23H30N4O3/c28-19-6-5-18(21(29)26-19)27-14-16-4-1-3-15(20(16)22(27)30)13-24-17-7-10-23(11-8-17)9-2-12-25-23/h1,3-4,17-18,24-25H,2,5-14H2,(H,26,28,29). The van der Waals surface area contributed by atoms with E-state index in [1.807, 2.05) is 18.2 Å². The molecule has 1 aromatic carbocycles. The number of benzene rings is 1. The van der Waals surface area contributed by atoms with E-state index in [2.05, 4.69) is 16.0 Å². The summed E-state index contributed by atoms with van der Waals surface area (Å²) in [5.41, 5.74) is 3.10. The van der Waals surface area contributed by atoms with Gasteiger partial charge in [-0.1, -0.05) is 18.2 Å². The number of piperidine rings is 1. The van der Waals surface area contributed by atoms with E-state index in [-0.39, 0.29) is 24.1 Å². The van der Waals surface area contributed by atoms with Crippen LogP contribution in [0.2, 0.25) is 0 Å². The number of fused-ring (bicyclic) bond motifs is 1. The molecule has 7 heteroatoms. The summed E-state index contributed by atoms with van der Waals surface area (Å²) in [5.74, 6) is -0.703. The third kappa shape index (κ3) is 3.54. The topological polar surface area (TPSA) is 90.5 Å². The molecule has 1 aromatic rings. The lowest BCUT2D eigenvalue weighted by Gasteiger charge is -2.38. The summed E-state index contributed by atoms with van der Waals surface area (Å²) in [6.07, 6.45) is 8.05. The van der Waals surface area contributed by atoms with Gasteiger partial charge in [-0.25, -0.2) is 0 Å². The molecule has 4 aliphatic rings. The highest BCUT2D eigenvalue weighted by Gasteiger charge is 2.40. The Morgan fingerprint density at radius 3 is 2.67 bits per heavy atom. The van der Waals surface area contributed by atoms with E-state index in [1.54, 1.807) is 4.90 Å². The second kappa shape index (κ2) is 7.78. The van der Waals surface area contributed by atoms with Gasteiger partial charge in [-0.2, -0.15) is 0 Å². The number of hydrogen-bond donors (Lipinski definition) is 3. The van der Waals surface area contributed by atoms with Crippen LogP contribution in [0.3, 0.4) is 0 Å². The average molecular weight is 411 g/mol. The molecule has 5 rings (SSSR count). The number of rotatable bonds is 4. The number of nitrogens with zero attached hydrogens (tertiary/aromatic N) is 1. The van der Waals surface area contributed by atoms with Gasteiger partial charge in [-0.3, -0.25) is 19.7 Å². The Bertz CT molecular complexity index is 867. The zero-order valence-corrected chi connectivity index (χ0v) is 17.3. The summed E-state index contributed by atoms with van der Waals surface area (Å²) in [6, 6.07) is 5.91. The van der Waals surface area contributed by atoms with Crippen molar-refractivity contribution in [2.24, 2.45) is 0 Å². The van der Waals surface area contributed by atoms with Crippen molar-refractivity contribution in [3.05, 3.63) is 34.9 Å². The number of hydrogen-bond acceptors (Lipinski definition) is 5. The Kier molecular flexibility index (Phi) is 5.11. The Morgan fingerprint density at radius 2 is 1.93 bits per heavy atom. The van der Waals surface area contributed by atoms with Crippen molar-refractivity contribution in [3.8, 4) is 0 Å². The quantitative estimate of drug-likeness (QED) is 0.656. The molecule has 160 valence electrons. The van der Waals surface area contributed by atoms with E-state index in [1.165, 1.54) is 38.5 Å². The minimum Gasteiger partial charge on any atom is -0.322 e. The van der Waals surface area contributed by atoms with Gasteiger partial charge in [0.1, 0.15) is 6.04 Å². The maximum atomic E-state index is 13.2. The molecule has 1 spiro atoms. The van der Waals surface area contributed by atoms with Gasteiger partial charge in [0.05, 0.1) is 0 Å². The second-order valence-electron chi connectivity index (χ2n) is 9.32. The Morgan fingerprint density at radius 1 is 1.10 bits per heavy atom. The van der Waals surface area contributed by atoms with E-state index in [4.69, 9.17) is 0 Å². The molecule has 3 aliphatic heterocycles. The maximum absolute atomic E-state index is 13.2. The SMILES string of the molecule is O=C1CCC(N2Cc3cccc(CNC4CCC5(CCCN5)CC4)c3C2=O)C(=O)N1. The van der Waals surface area contributed by atoms with Crippen molar-refractivity contribution in [1.82, 2.24) is 20.9 Å². The molecule has 7 nitrogen and oxygen atoms in total. The molecule has 0 aromatic heterocycles. The molecule has 30 heavy (non-hydrogen) atoms. The van der Waals surface area contributed by atoms with Crippen LogP contribution >= 0.6 is 0 Å². The van der Waals surface area contributed by atoms with E-state index in [9.17, 15) is 14.4 Å². The van der Waals surface area contributed by atoms with Gasteiger partial charge in [-0.05, 0) is 62.6 Å². The summed E-state index contributed by atoms with van der Waals surface area (Å²) in [6.45, 7) is 2.26. The van der Waals surface area contributed by atoms with Crippen LogP contribution in [-0.4, -0.2) is 46.8 Å². The first kappa shape index (κ1) is 19.7. The molecule has 0 radical (unpaired) electrons. The van der Waals surface area contributed by atoms with Crippen LogP contribution < -0.4 is 16.0 Å². The minimum absolute atomic E-state index is 0.0883. The first-order valence-corrected chi connectivity index (χ1v) is 11.3. The summed E-state index contributed by atoms with van der Waals surface area (Å²) in [4.78, 5) is 38.5. The van der Waals surface area contributed by atoms with Crippen LogP contribution in [-0.2, 0) is 22.7 Å². The fourth-order valence-corrected chi connectivity index (χ4v) is 5.76. The highest BCUT2D eigenvalue weighted by molar-refractivity contribution is 6.05. The molecule has 3 N–H and O–H groups in total. The summed E-state index contributed by atoms with van der Waals surface area (Å²) >= 11 is 0. The third-order valence-electron chi connectivity index (χ3n) is 7.49. The van der Waals surface area contributed by atoms with Crippen molar-refractivity contribution in [2.75, 3.05) is 6.54 Å². The van der Waals surface area contributed by atoms with Gasteiger partial charge < -0.3 is 15.5 Å². The molecule has 0 bridgehead atoms. The van der Waals surface area contributed by atoms with Crippen LogP contribution in [0, 0.1) is 0 Å². The molecule has 2 saturated heterocycles. The summed E-state index contributed by atoms with van der Waals surface area (Å²) in [7, 11) is 0. The third-order valence-corrected chi connectivity index (χ3v) is 7.49. The van der Waals surface area contributed by atoms with E-state index in [0.29, 0.717) is 31.1 Å². The van der Waals surface area contributed by atoms with E-state index < -0.39 is 6.04 Å². The number of nitrogens with one attached hydrogen (secondary N) is 3. The normalized spacial score (nSPS) is 31.3. The molecule has 1 saturated carbocycles. The monoisotopic (exact) mass is 410 g/mol. The first-order valence-electron chi connectivity index (χ1n) is 11.3. The Labute approximate surface area is 177 Å². The smallest absolute Gasteiger partial charge is 0.255 e. The van der Waals surface area contributed by atoms with E-state index in [0.717, 1.165) is 23.2 Å². The lowest BCUT2D eigenvalue weighted by atomic mass is 9.78. The zero-order chi connectivity index (χ0) is 20.7. The molecule has 1 atom stereocenters. The van der Waals surface area contributed by atoms with Crippen molar-refractivity contribution in [2.45, 2.75) is 82.1 Å². The minimum atomic E-state index is -0.558. The lowest BCUT2D eigenvalue weighted by Crippen LogP contribution is -2.52. The number of carbonyl (C=O) groups excluding carboxylic acids is 3. The number of amides is 3. The van der Waals surface area contributed by atoms with Gasteiger partial charge in [0.25, 0.3) is 5.91 Å². The average Bonchev–Trinajstić information content (AvgIpc) is 3.33. The fourth-order valence-electron chi connectivity index (χ4n) is 5.76. The van der Waals surface area contributed by atoms with Crippen molar-refractivity contribution in [3.63, 3.8) is 0 Å². The fraction of sp³-hybridized carbons (Fsp3) is 0.609. The van der Waals surface area contributed by atoms with Gasteiger partial charge in [0.15, 0.2) is 0 Å². The van der Waals surface area contributed by atoms with Crippen molar-refractivity contribution < 1.29 is 14.4 Å². The highest BCUT2D eigenvalue weighted by Crippen LogP contribution is 2.35. The second-order valence-corrected chi connectivity index (χ2v) is 9.32. The Balaban J connectivity index is 1.24. The molecule has 3 fully saturated rings. The highest BCUT2D eigenvalue weighted by atomic mass is 16.2. The van der Waals surface area contributed by atoms with Crippen LogP contribution in [0.5, 0.6) is 0 Å². The van der Waals surface area contributed by atoms with Crippen LogP contribution in [0.25, 0.3) is 0 Å². The Hall–Kier alpha value is -2.25. The first-order chi connectivity index (χ1) is 14.5. The molecular weight excluding hydrogens is 380 g/mol. The zero-order valence-electron chi connectivity index (χ0n) is 17.3. The predicted octanol–water partition coefficient (Wildman–Crippen LogP) is 1.60. The van der Waals surface area contributed by atoms with Crippen LogP contribution in [0.4, 0.5) is 0 Å². The van der Waals surface area contributed by atoms with Crippen molar-refractivity contribution >= 4 is 17.7 Å². The molecular formula is C23H30N4O3. The van der Waals surface area contributed by atoms with Gasteiger partial charge >= 0.3 is 0 Å². The van der Waals surface area contributed by atoms with Gasteiger partial charge in [0, 0.05) is 36.7 Å². The number of carbonyl (C=O) groups is 3. The molecule has 3 heterocycles. The predicted molar refractivity (Wildman–Crippen MR) is 112 cm³/mol. The van der Waals surface area contributed by atoms with Crippen LogP contribution in [0.1, 0.15) is 72.9 Å². The lowest BCUT2D eigenvalue weighted by molar-refractivity contribution is -0.136. The summed E-state index contributed by atoms with van der Waals surface area (Å²) in [5, 5.41) is 9.77. The van der Waals surface area contributed by atoms with Gasteiger partial charge in [-0.15, -0.1) is 0 Å². The largest absolute Gasteiger partial charge is 0.322 e. The van der Waals surface area contributed by atoms with E-state index >= 15 is 0 Å². The molecule has 1 aliphatic carbocycles. The van der Waals surface area contributed by atoms with Gasteiger partial charge in [0.2, 0.25) is 11.8 Å². The van der Waals surface area contributed by atoms with Crippen molar-refractivity contribution in [1.29, 1.82) is 0 Å². The molecule has 1 unspecified atom stereocenters. The van der Waals surface area contributed by atoms with Crippen LogP contribution in [0.15, 0.2) is 18.2 Å². The number of imide groups is 1. The molecule has 3 amide bonds.